The number of benzene rings is 1. The average Bonchev–Trinajstić information content (AvgIpc) is 3.13. The van der Waals surface area contributed by atoms with Gasteiger partial charge >= 0.3 is 5.97 Å². The van der Waals surface area contributed by atoms with Crippen LogP contribution in [0.4, 0.5) is 0 Å². The van der Waals surface area contributed by atoms with E-state index in [1.807, 2.05) is 17.9 Å². The van der Waals surface area contributed by atoms with Crippen molar-refractivity contribution in [2.75, 3.05) is 33.3 Å². The highest BCUT2D eigenvalue weighted by atomic mass is 16.5. The smallest absolute Gasteiger partial charge is 0.310 e. The zero-order valence-corrected chi connectivity index (χ0v) is 17.5. The van der Waals surface area contributed by atoms with Crippen LogP contribution in [0.2, 0.25) is 0 Å². The van der Waals surface area contributed by atoms with Gasteiger partial charge < -0.3 is 19.9 Å². The van der Waals surface area contributed by atoms with Gasteiger partial charge in [0, 0.05) is 46.2 Å². The first-order chi connectivity index (χ1) is 14.1. The summed E-state index contributed by atoms with van der Waals surface area (Å²) in [5, 5.41) is 3.42. The number of carbonyl (C=O) groups excluding carboxylic acids is 2. The SMILES string of the molecule is CCOC(=O)C1CCCN(C(=NC)NCc2cccc(CN3CCCC3=O)c2)C1. The van der Waals surface area contributed by atoms with Crippen LogP contribution in [0.15, 0.2) is 29.3 Å². The third kappa shape index (κ3) is 5.71. The van der Waals surface area contributed by atoms with Crippen molar-refractivity contribution in [2.45, 2.75) is 45.7 Å². The number of likely N-dealkylation sites (tertiary alicyclic amines) is 2. The molecular weight excluding hydrogens is 368 g/mol. The molecule has 1 atom stereocenters. The summed E-state index contributed by atoms with van der Waals surface area (Å²) >= 11 is 0. The van der Waals surface area contributed by atoms with Crippen LogP contribution in [0.5, 0.6) is 0 Å². The monoisotopic (exact) mass is 400 g/mol. The fraction of sp³-hybridized carbons (Fsp3) is 0.591. The number of nitrogens with zero attached hydrogens (tertiary/aromatic N) is 3. The van der Waals surface area contributed by atoms with E-state index in [9.17, 15) is 9.59 Å². The summed E-state index contributed by atoms with van der Waals surface area (Å²) in [6, 6.07) is 8.32. The molecule has 158 valence electrons. The lowest BCUT2D eigenvalue weighted by atomic mass is 9.98. The number of ether oxygens (including phenoxy) is 1. The number of piperidine rings is 1. The van der Waals surface area contributed by atoms with Crippen molar-refractivity contribution in [1.29, 1.82) is 0 Å². The van der Waals surface area contributed by atoms with Crippen molar-refractivity contribution in [3.63, 3.8) is 0 Å². The van der Waals surface area contributed by atoms with Crippen LogP contribution in [0.25, 0.3) is 0 Å². The van der Waals surface area contributed by atoms with Crippen LogP contribution < -0.4 is 5.32 Å². The van der Waals surface area contributed by atoms with Crippen molar-refractivity contribution in [1.82, 2.24) is 15.1 Å². The van der Waals surface area contributed by atoms with E-state index in [4.69, 9.17) is 4.74 Å². The number of hydrogen-bond donors (Lipinski definition) is 1. The zero-order chi connectivity index (χ0) is 20.6. The van der Waals surface area contributed by atoms with Crippen LogP contribution in [0.1, 0.15) is 43.7 Å². The predicted molar refractivity (Wildman–Crippen MR) is 112 cm³/mol. The minimum atomic E-state index is -0.114. The van der Waals surface area contributed by atoms with Gasteiger partial charge in [0.1, 0.15) is 0 Å². The molecule has 7 nitrogen and oxygen atoms in total. The largest absolute Gasteiger partial charge is 0.466 e. The highest BCUT2D eigenvalue weighted by Gasteiger charge is 2.28. The number of amides is 1. The molecule has 0 spiro atoms. The van der Waals surface area contributed by atoms with Gasteiger partial charge in [0.15, 0.2) is 5.96 Å². The topological polar surface area (TPSA) is 74.2 Å². The van der Waals surface area contributed by atoms with Gasteiger partial charge in [0.2, 0.25) is 5.91 Å². The fourth-order valence-corrected chi connectivity index (χ4v) is 4.06. The molecule has 29 heavy (non-hydrogen) atoms. The van der Waals surface area contributed by atoms with Crippen molar-refractivity contribution in [3.05, 3.63) is 35.4 Å². The highest BCUT2D eigenvalue weighted by molar-refractivity contribution is 5.81. The predicted octanol–water partition coefficient (Wildman–Crippen LogP) is 2.16. The summed E-state index contributed by atoms with van der Waals surface area (Å²) in [6.07, 6.45) is 3.44. The van der Waals surface area contributed by atoms with Crippen molar-refractivity contribution in [2.24, 2.45) is 10.9 Å². The molecule has 2 heterocycles. The second kappa shape index (κ2) is 10.3. The van der Waals surface area contributed by atoms with E-state index in [0.717, 1.165) is 49.4 Å². The second-order valence-corrected chi connectivity index (χ2v) is 7.68. The molecule has 2 aliphatic rings. The number of carbonyl (C=O) groups is 2. The van der Waals surface area contributed by atoms with E-state index in [-0.39, 0.29) is 17.8 Å². The molecule has 0 bridgehead atoms. The number of aliphatic imine (C=N–C) groups is 1. The van der Waals surface area contributed by atoms with E-state index >= 15 is 0 Å². The van der Waals surface area contributed by atoms with E-state index in [2.05, 4.69) is 33.4 Å². The van der Waals surface area contributed by atoms with Crippen molar-refractivity contribution >= 4 is 17.8 Å². The summed E-state index contributed by atoms with van der Waals surface area (Å²) in [6.45, 7) is 5.95. The average molecular weight is 401 g/mol. The lowest BCUT2D eigenvalue weighted by Crippen LogP contribution is -2.48. The molecule has 2 aliphatic heterocycles. The zero-order valence-electron chi connectivity index (χ0n) is 17.5. The Bertz CT molecular complexity index is 749. The molecule has 1 unspecified atom stereocenters. The van der Waals surface area contributed by atoms with Crippen LogP contribution in [0.3, 0.4) is 0 Å². The van der Waals surface area contributed by atoms with E-state index < -0.39 is 0 Å². The fourth-order valence-electron chi connectivity index (χ4n) is 4.06. The van der Waals surface area contributed by atoms with Gasteiger partial charge in [-0.2, -0.15) is 0 Å². The minimum Gasteiger partial charge on any atom is -0.466 e. The van der Waals surface area contributed by atoms with Gasteiger partial charge in [-0.25, -0.2) is 0 Å². The molecule has 1 aromatic rings. The number of esters is 1. The Morgan fingerprint density at radius 3 is 2.83 bits per heavy atom. The minimum absolute atomic E-state index is 0.0939. The quantitative estimate of drug-likeness (QED) is 0.450. The highest BCUT2D eigenvalue weighted by Crippen LogP contribution is 2.19. The Morgan fingerprint density at radius 2 is 2.10 bits per heavy atom. The summed E-state index contributed by atoms with van der Waals surface area (Å²) in [4.78, 5) is 32.4. The van der Waals surface area contributed by atoms with Gasteiger partial charge in [-0.3, -0.25) is 14.6 Å². The summed E-state index contributed by atoms with van der Waals surface area (Å²) < 4.78 is 5.19. The van der Waals surface area contributed by atoms with Crippen molar-refractivity contribution in [3.8, 4) is 0 Å². The first-order valence-corrected chi connectivity index (χ1v) is 10.6. The normalized spacial score (nSPS) is 20.1. The van der Waals surface area contributed by atoms with Gasteiger partial charge in [-0.1, -0.05) is 24.3 Å². The summed E-state index contributed by atoms with van der Waals surface area (Å²) in [5.74, 6) is 0.842. The molecule has 0 aromatic heterocycles. The Labute approximate surface area is 173 Å². The summed E-state index contributed by atoms with van der Waals surface area (Å²) in [5.41, 5.74) is 2.30. The van der Waals surface area contributed by atoms with Gasteiger partial charge in [-0.15, -0.1) is 0 Å². The molecule has 0 saturated carbocycles. The van der Waals surface area contributed by atoms with Crippen molar-refractivity contribution < 1.29 is 14.3 Å². The van der Waals surface area contributed by atoms with Crippen LogP contribution >= 0.6 is 0 Å². The van der Waals surface area contributed by atoms with Gasteiger partial charge in [0.05, 0.1) is 12.5 Å². The summed E-state index contributed by atoms with van der Waals surface area (Å²) in [7, 11) is 1.77. The molecule has 0 radical (unpaired) electrons. The number of rotatable bonds is 6. The maximum atomic E-state index is 12.1. The molecule has 7 heteroatoms. The van der Waals surface area contributed by atoms with E-state index in [0.29, 0.717) is 32.7 Å². The molecule has 3 rings (SSSR count). The Morgan fingerprint density at radius 1 is 1.28 bits per heavy atom. The maximum absolute atomic E-state index is 12.1. The lowest BCUT2D eigenvalue weighted by molar-refractivity contribution is -0.149. The van der Waals surface area contributed by atoms with Gasteiger partial charge in [-0.05, 0) is 37.3 Å². The third-order valence-corrected chi connectivity index (χ3v) is 5.54. The first-order valence-electron chi connectivity index (χ1n) is 10.6. The Balaban J connectivity index is 1.56. The molecular formula is C22H32N4O3. The van der Waals surface area contributed by atoms with Crippen LogP contribution in [-0.4, -0.2) is 60.9 Å². The molecule has 1 aromatic carbocycles. The third-order valence-electron chi connectivity index (χ3n) is 5.54. The number of guanidine groups is 1. The van der Waals surface area contributed by atoms with E-state index in [1.54, 1.807) is 7.05 Å². The first kappa shape index (κ1) is 21.1. The van der Waals surface area contributed by atoms with Gasteiger partial charge in [0.25, 0.3) is 0 Å². The van der Waals surface area contributed by atoms with Crippen LogP contribution in [-0.2, 0) is 27.4 Å². The van der Waals surface area contributed by atoms with Crippen LogP contribution in [0, 0.1) is 5.92 Å². The molecule has 1 amide bonds. The standard InChI is InChI=1S/C22H32N4O3/c1-3-29-21(28)19-9-5-12-26(16-19)22(23-2)24-14-17-7-4-8-18(13-17)15-25-11-6-10-20(25)27/h4,7-8,13,19H,3,5-6,9-12,14-16H2,1-2H3,(H,23,24). The van der Waals surface area contributed by atoms with E-state index in [1.165, 1.54) is 0 Å². The molecule has 2 fully saturated rings. The number of nitrogens with one attached hydrogen (secondary N) is 1. The second-order valence-electron chi connectivity index (χ2n) is 7.68. The maximum Gasteiger partial charge on any atom is 0.310 e. The Hall–Kier alpha value is -2.57. The number of hydrogen-bond acceptors (Lipinski definition) is 4. The Kier molecular flexibility index (Phi) is 7.49. The lowest BCUT2D eigenvalue weighted by Gasteiger charge is -2.34. The molecule has 1 N–H and O–H groups in total. The molecule has 2 saturated heterocycles. The molecule has 0 aliphatic carbocycles.